The number of nitrogens with zero attached hydrogens (tertiary/aromatic N) is 2. The molecule has 0 aliphatic heterocycles. The molecule has 0 bridgehead atoms. The van der Waals surface area contributed by atoms with E-state index in [1.165, 1.54) is 12.4 Å². The SMILES string of the molecule is CNc1cnc(C(=O)NCc2ccoc2)cn1. The van der Waals surface area contributed by atoms with Crippen molar-refractivity contribution in [3.8, 4) is 0 Å². The minimum Gasteiger partial charge on any atom is -0.472 e. The molecule has 2 aromatic heterocycles. The lowest BCUT2D eigenvalue weighted by Gasteiger charge is -2.03. The molecule has 2 N–H and O–H groups in total. The van der Waals surface area contributed by atoms with Crippen molar-refractivity contribution in [3.05, 3.63) is 42.2 Å². The Morgan fingerprint density at radius 1 is 1.41 bits per heavy atom. The van der Waals surface area contributed by atoms with E-state index >= 15 is 0 Å². The number of hydrogen-bond donors (Lipinski definition) is 2. The number of hydrogen-bond acceptors (Lipinski definition) is 5. The Morgan fingerprint density at radius 2 is 2.29 bits per heavy atom. The fourth-order valence-corrected chi connectivity index (χ4v) is 1.24. The average molecular weight is 232 g/mol. The van der Waals surface area contributed by atoms with E-state index in [-0.39, 0.29) is 11.6 Å². The molecular weight excluding hydrogens is 220 g/mol. The number of carbonyl (C=O) groups excluding carboxylic acids is 1. The maximum Gasteiger partial charge on any atom is 0.271 e. The molecule has 0 radical (unpaired) electrons. The smallest absolute Gasteiger partial charge is 0.271 e. The highest BCUT2D eigenvalue weighted by Gasteiger charge is 2.07. The molecule has 2 rings (SSSR count). The molecule has 0 unspecified atom stereocenters. The van der Waals surface area contributed by atoms with E-state index in [1.54, 1.807) is 25.6 Å². The van der Waals surface area contributed by atoms with Crippen LogP contribution in [0.3, 0.4) is 0 Å². The summed E-state index contributed by atoms with van der Waals surface area (Å²) in [5.41, 5.74) is 1.19. The van der Waals surface area contributed by atoms with E-state index in [0.29, 0.717) is 12.4 Å². The molecule has 0 aliphatic rings. The van der Waals surface area contributed by atoms with Gasteiger partial charge in [-0.1, -0.05) is 0 Å². The zero-order valence-corrected chi connectivity index (χ0v) is 9.30. The molecule has 0 aromatic carbocycles. The third-order valence-electron chi connectivity index (χ3n) is 2.17. The number of carbonyl (C=O) groups is 1. The van der Waals surface area contributed by atoms with Crippen molar-refractivity contribution in [1.29, 1.82) is 0 Å². The average Bonchev–Trinajstić information content (AvgIpc) is 2.89. The van der Waals surface area contributed by atoms with E-state index in [2.05, 4.69) is 20.6 Å². The quantitative estimate of drug-likeness (QED) is 0.823. The van der Waals surface area contributed by atoms with Crippen LogP contribution in [-0.2, 0) is 6.54 Å². The summed E-state index contributed by atoms with van der Waals surface area (Å²) in [6, 6.07) is 1.79. The van der Waals surface area contributed by atoms with Crippen LogP contribution in [-0.4, -0.2) is 22.9 Å². The van der Waals surface area contributed by atoms with Gasteiger partial charge in [-0.15, -0.1) is 0 Å². The monoisotopic (exact) mass is 232 g/mol. The van der Waals surface area contributed by atoms with Crippen molar-refractivity contribution in [1.82, 2.24) is 15.3 Å². The molecule has 2 heterocycles. The Labute approximate surface area is 98.1 Å². The van der Waals surface area contributed by atoms with Gasteiger partial charge in [0.05, 0.1) is 24.9 Å². The maximum absolute atomic E-state index is 11.7. The van der Waals surface area contributed by atoms with Gasteiger partial charge in [0.25, 0.3) is 5.91 Å². The molecule has 0 saturated carbocycles. The standard InChI is InChI=1S/C11H12N4O2/c1-12-10-6-13-9(5-14-10)11(16)15-4-8-2-3-17-7-8/h2-3,5-7H,4H2,1H3,(H,12,14)(H,15,16). The van der Waals surface area contributed by atoms with Crippen LogP contribution in [0.2, 0.25) is 0 Å². The summed E-state index contributed by atoms with van der Waals surface area (Å²) in [6.07, 6.45) is 6.07. The van der Waals surface area contributed by atoms with Gasteiger partial charge in [0, 0.05) is 19.2 Å². The molecule has 17 heavy (non-hydrogen) atoms. The van der Waals surface area contributed by atoms with E-state index in [0.717, 1.165) is 5.56 Å². The molecular formula is C11H12N4O2. The molecule has 0 aliphatic carbocycles. The highest BCUT2D eigenvalue weighted by molar-refractivity contribution is 5.91. The molecule has 1 amide bonds. The van der Waals surface area contributed by atoms with Crippen molar-refractivity contribution in [2.75, 3.05) is 12.4 Å². The third-order valence-corrected chi connectivity index (χ3v) is 2.17. The fourth-order valence-electron chi connectivity index (χ4n) is 1.24. The van der Waals surface area contributed by atoms with Crippen LogP contribution >= 0.6 is 0 Å². The Hall–Kier alpha value is -2.37. The number of nitrogens with one attached hydrogen (secondary N) is 2. The Morgan fingerprint density at radius 3 is 2.88 bits per heavy atom. The number of amides is 1. The number of anilines is 1. The fraction of sp³-hybridized carbons (Fsp3) is 0.182. The minimum absolute atomic E-state index is 0.263. The Balaban J connectivity index is 1.95. The largest absolute Gasteiger partial charge is 0.472 e. The van der Waals surface area contributed by atoms with Gasteiger partial charge >= 0.3 is 0 Å². The molecule has 0 atom stereocenters. The summed E-state index contributed by atoms with van der Waals surface area (Å²) in [6.45, 7) is 0.408. The van der Waals surface area contributed by atoms with Crippen LogP contribution < -0.4 is 10.6 Å². The first-order chi connectivity index (χ1) is 8.29. The summed E-state index contributed by atoms with van der Waals surface area (Å²) >= 11 is 0. The predicted molar refractivity (Wildman–Crippen MR) is 61.5 cm³/mol. The van der Waals surface area contributed by atoms with Crippen molar-refractivity contribution in [3.63, 3.8) is 0 Å². The second-order valence-corrected chi connectivity index (χ2v) is 3.35. The number of rotatable bonds is 4. The lowest BCUT2D eigenvalue weighted by atomic mass is 10.3. The summed E-state index contributed by atoms with van der Waals surface area (Å²) < 4.78 is 4.90. The summed E-state index contributed by atoms with van der Waals surface area (Å²) in [5, 5.41) is 5.55. The van der Waals surface area contributed by atoms with Crippen LogP contribution in [0.4, 0.5) is 5.82 Å². The lowest BCUT2D eigenvalue weighted by Crippen LogP contribution is -2.23. The van der Waals surface area contributed by atoms with E-state index < -0.39 is 0 Å². The van der Waals surface area contributed by atoms with Crippen LogP contribution in [0.15, 0.2) is 35.4 Å². The second-order valence-electron chi connectivity index (χ2n) is 3.35. The van der Waals surface area contributed by atoms with E-state index in [9.17, 15) is 4.79 Å². The first kappa shape index (κ1) is 11.1. The predicted octanol–water partition coefficient (Wildman–Crippen LogP) is 1.04. The van der Waals surface area contributed by atoms with Crippen molar-refractivity contribution in [2.45, 2.75) is 6.54 Å². The van der Waals surface area contributed by atoms with Crippen LogP contribution in [0, 0.1) is 0 Å². The van der Waals surface area contributed by atoms with Gasteiger partial charge in [0.15, 0.2) is 0 Å². The Kier molecular flexibility index (Phi) is 3.34. The highest BCUT2D eigenvalue weighted by Crippen LogP contribution is 2.01. The van der Waals surface area contributed by atoms with Gasteiger partial charge in [-0.2, -0.15) is 0 Å². The summed E-state index contributed by atoms with van der Waals surface area (Å²) in [7, 11) is 1.74. The zero-order chi connectivity index (χ0) is 12.1. The van der Waals surface area contributed by atoms with Crippen LogP contribution in [0.25, 0.3) is 0 Å². The number of aromatic nitrogens is 2. The second kappa shape index (κ2) is 5.11. The molecule has 0 spiro atoms. The number of furan rings is 1. The van der Waals surface area contributed by atoms with Gasteiger partial charge in [-0.25, -0.2) is 9.97 Å². The summed E-state index contributed by atoms with van der Waals surface area (Å²) in [4.78, 5) is 19.7. The molecule has 0 fully saturated rings. The van der Waals surface area contributed by atoms with E-state index in [1.807, 2.05) is 0 Å². The van der Waals surface area contributed by atoms with E-state index in [4.69, 9.17) is 4.42 Å². The lowest BCUT2D eigenvalue weighted by molar-refractivity contribution is 0.0945. The zero-order valence-electron chi connectivity index (χ0n) is 9.30. The van der Waals surface area contributed by atoms with Crippen molar-refractivity contribution in [2.24, 2.45) is 0 Å². The topological polar surface area (TPSA) is 80.0 Å². The molecule has 88 valence electrons. The van der Waals surface area contributed by atoms with Gasteiger partial charge in [0.1, 0.15) is 11.5 Å². The van der Waals surface area contributed by atoms with Crippen molar-refractivity contribution < 1.29 is 9.21 Å². The first-order valence-corrected chi connectivity index (χ1v) is 5.08. The third kappa shape index (κ3) is 2.81. The van der Waals surface area contributed by atoms with Gasteiger partial charge in [-0.05, 0) is 6.07 Å². The Bertz CT molecular complexity index is 479. The normalized spacial score (nSPS) is 9.94. The summed E-state index contributed by atoms with van der Waals surface area (Å²) in [5.74, 6) is 0.359. The van der Waals surface area contributed by atoms with Crippen LogP contribution in [0.5, 0.6) is 0 Å². The van der Waals surface area contributed by atoms with Crippen LogP contribution in [0.1, 0.15) is 16.1 Å². The molecule has 0 saturated heterocycles. The molecule has 2 aromatic rings. The van der Waals surface area contributed by atoms with Gasteiger partial charge in [-0.3, -0.25) is 4.79 Å². The first-order valence-electron chi connectivity index (χ1n) is 5.08. The minimum atomic E-state index is -0.263. The molecule has 6 nitrogen and oxygen atoms in total. The maximum atomic E-state index is 11.7. The van der Waals surface area contributed by atoms with Crippen molar-refractivity contribution >= 4 is 11.7 Å². The molecule has 6 heteroatoms. The highest BCUT2D eigenvalue weighted by atomic mass is 16.3. The van der Waals surface area contributed by atoms with Gasteiger partial charge < -0.3 is 15.1 Å². The van der Waals surface area contributed by atoms with Gasteiger partial charge in [0.2, 0.25) is 0 Å².